The number of rotatable bonds is 4. The summed E-state index contributed by atoms with van der Waals surface area (Å²) in [6.45, 7) is 2.71. The number of ether oxygens (including phenoxy) is 2. The highest BCUT2D eigenvalue weighted by Crippen LogP contribution is 2.19. The van der Waals surface area contributed by atoms with Crippen LogP contribution in [0.25, 0.3) is 11.0 Å². The van der Waals surface area contributed by atoms with Crippen molar-refractivity contribution in [3.05, 3.63) is 35.9 Å². The van der Waals surface area contributed by atoms with Crippen molar-refractivity contribution in [3.63, 3.8) is 0 Å². The van der Waals surface area contributed by atoms with E-state index in [1.165, 1.54) is 0 Å². The fraction of sp³-hybridized carbons (Fsp3) is 0.412. The molecule has 0 aliphatic carbocycles. The van der Waals surface area contributed by atoms with Gasteiger partial charge in [-0.3, -0.25) is 14.2 Å². The number of aromatic nitrogens is 5. The minimum absolute atomic E-state index is 0.210. The van der Waals surface area contributed by atoms with E-state index in [2.05, 4.69) is 20.5 Å². The van der Waals surface area contributed by atoms with Crippen LogP contribution in [0.1, 0.15) is 16.1 Å². The molecule has 0 spiro atoms. The molecule has 26 heavy (non-hydrogen) atoms. The maximum absolute atomic E-state index is 12.7. The van der Waals surface area contributed by atoms with Gasteiger partial charge in [-0.25, -0.2) is 4.98 Å². The quantitative estimate of drug-likeness (QED) is 0.735. The van der Waals surface area contributed by atoms with Gasteiger partial charge in [-0.1, -0.05) is 0 Å². The number of nitrogens with zero attached hydrogens (tertiary/aromatic N) is 5. The molecule has 1 aliphatic heterocycles. The number of carbonyl (C=O) groups is 1. The lowest BCUT2D eigenvalue weighted by Crippen LogP contribution is -2.45. The van der Waals surface area contributed by atoms with Crippen molar-refractivity contribution in [2.45, 2.75) is 19.1 Å². The van der Waals surface area contributed by atoms with Gasteiger partial charge < -0.3 is 14.8 Å². The zero-order valence-electron chi connectivity index (χ0n) is 14.8. The van der Waals surface area contributed by atoms with Gasteiger partial charge in [0.05, 0.1) is 42.9 Å². The zero-order chi connectivity index (χ0) is 18.3. The number of hydrogen-bond donors (Lipinski definition) is 1. The predicted octanol–water partition coefficient (Wildman–Crippen LogP) is 0.586. The molecular weight excluding hydrogens is 336 g/mol. The Morgan fingerprint density at radius 3 is 2.96 bits per heavy atom. The van der Waals surface area contributed by atoms with E-state index in [1.807, 2.05) is 27.1 Å². The van der Waals surface area contributed by atoms with Crippen LogP contribution in [0.3, 0.4) is 0 Å². The third-order valence-electron chi connectivity index (χ3n) is 4.44. The molecule has 4 heterocycles. The van der Waals surface area contributed by atoms with Gasteiger partial charge in [-0.05, 0) is 13.0 Å². The van der Waals surface area contributed by atoms with E-state index in [1.54, 1.807) is 28.0 Å². The van der Waals surface area contributed by atoms with E-state index in [4.69, 9.17) is 9.47 Å². The number of hydrogen-bond acceptors (Lipinski definition) is 6. The number of carbonyl (C=O) groups excluding carboxylic acids is 1. The Labute approximate surface area is 149 Å². The molecule has 0 radical (unpaired) electrons. The van der Waals surface area contributed by atoms with Gasteiger partial charge in [0.1, 0.15) is 6.10 Å². The summed E-state index contributed by atoms with van der Waals surface area (Å²) in [6.07, 6.45) is 4.71. The molecule has 1 fully saturated rings. The predicted molar refractivity (Wildman–Crippen MR) is 92.9 cm³/mol. The Balaban J connectivity index is 1.49. The van der Waals surface area contributed by atoms with E-state index in [0.717, 1.165) is 16.7 Å². The molecule has 3 aromatic heterocycles. The summed E-state index contributed by atoms with van der Waals surface area (Å²) >= 11 is 0. The molecule has 0 unspecified atom stereocenters. The third kappa shape index (κ3) is 3.01. The van der Waals surface area contributed by atoms with Crippen molar-refractivity contribution in [3.8, 4) is 5.75 Å². The van der Waals surface area contributed by atoms with Gasteiger partial charge in [-0.15, -0.1) is 0 Å². The first-order valence-electron chi connectivity index (χ1n) is 8.34. The van der Waals surface area contributed by atoms with Gasteiger partial charge in [0.25, 0.3) is 5.91 Å². The standard InChI is InChI=1S/C17H20N6O3/c1-10-13-4-11(5-18-16(13)23(3)21-10)17(24)20-14-8-25-9-15(14)26-12-6-19-22(2)7-12/h4-7,14-15H,8-9H2,1-3H3,(H,20,24)/t14-,15+/m0/s1. The topological polar surface area (TPSA) is 96.1 Å². The van der Waals surface area contributed by atoms with Gasteiger partial charge >= 0.3 is 0 Å². The van der Waals surface area contributed by atoms with Crippen LogP contribution in [0.2, 0.25) is 0 Å². The summed E-state index contributed by atoms with van der Waals surface area (Å²) in [5, 5.41) is 12.3. The molecule has 1 amide bonds. The smallest absolute Gasteiger partial charge is 0.253 e. The Bertz CT molecular complexity index is 963. The van der Waals surface area contributed by atoms with Gasteiger partial charge in [0.15, 0.2) is 11.4 Å². The molecule has 0 saturated carbocycles. The maximum Gasteiger partial charge on any atom is 0.253 e. The van der Waals surface area contributed by atoms with E-state index in [9.17, 15) is 4.79 Å². The van der Waals surface area contributed by atoms with Crippen molar-refractivity contribution in [1.82, 2.24) is 29.9 Å². The Hall–Kier alpha value is -2.94. The van der Waals surface area contributed by atoms with Crippen LogP contribution < -0.4 is 10.1 Å². The lowest BCUT2D eigenvalue weighted by Gasteiger charge is -2.19. The van der Waals surface area contributed by atoms with Crippen molar-refractivity contribution in [1.29, 1.82) is 0 Å². The molecule has 136 valence electrons. The average molecular weight is 356 g/mol. The fourth-order valence-corrected chi connectivity index (χ4v) is 3.10. The van der Waals surface area contributed by atoms with E-state index in [-0.39, 0.29) is 18.1 Å². The largest absolute Gasteiger partial charge is 0.482 e. The maximum atomic E-state index is 12.7. The van der Waals surface area contributed by atoms with Gasteiger partial charge in [0.2, 0.25) is 0 Å². The summed E-state index contributed by atoms with van der Waals surface area (Å²) in [5.74, 6) is 0.439. The molecule has 1 saturated heterocycles. The van der Waals surface area contributed by atoms with Crippen molar-refractivity contribution < 1.29 is 14.3 Å². The monoisotopic (exact) mass is 356 g/mol. The van der Waals surface area contributed by atoms with E-state index >= 15 is 0 Å². The first-order valence-corrected chi connectivity index (χ1v) is 8.34. The van der Waals surface area contributed by atoms with Gasteiger partial charge in [0, 0.05) is 25.7 Å². The number of aryl methyl sites for hydroxylation is 3. The number of fused-ring (bicyclic) bond motifs is 1. The summed E-state index contributed by atoms with van der Waals surface area (Å²) in [7, 11) is 3.65. The number of nitrogens with one attached hydrogen (secondary N) is 1. The Morgan fingerprint density at radius 1 is 1.35 bits per heavy atom. The first-order chi connectivity index (χ1) is 12.5. The van der Waals surface area contributed by atoms with Crippen LogP contribution in [-0.2, 0) is 18.8 Å². The normalized spacial score (nSPS) is 19.8. The highest BCUT2D eigenvalue weighted by molar-refractivity contribution is 5.97. The lowest BCUT2D eigenvalue weighted by molar-refractivity contribution is 0.0904. The van der Waals surface area contributed by atoms with Crippen LogP contribution >= 0.6 is 0 Å². The Morgan fingerprint density at radius 2 is 2.19 bits per heavy atom. The molecule has 3 aromatic rings. The van der Waals surface area contributed by atoms with E-state index in [0.29, 0.717) is 24.5 Å². The molecule has 1 N–H and O–H groups in total. The highest BCUT2D eigenvalue weighted by Gasteiger charge is 2.32. The van der Waals surface area contributed by atoms with Crippen molar-refractivity contribution in [2.75, 3.05) is 13.2 Å². The SMILES string of the molecule is Cc1nn(C)c2ncc(C(=O)N[C@H]3COC[C@H]3Oc3cnn(C)c3)cc12. The summed E-state index contributed by atoms with van der Waals surface area (Å²) in [6, 6.07) is 1.57. The lowest BCUT2D eigenvalue weighted by atomic mass is 10.1. The van der Waals surface area contributed by atoms with E-state index < -0.39 is 0 Å². The molecule has 9 nitrogen and oxygen atoms in total. The molecule has 9 heteroatoms. The molecule has 1 aliphatic rings. The summed E-state index contributed by atoms with van der Waals surface area (Å²) in [4.78, 5) is 17.0. The average Bonchev–Trinajstić information content (AvgIpc) is 3.30. The third-order valence-corrected chi connectivity index (χ3v) is 4.44. The molecular formula is C17H20N6O3. The van der Waals surface area contributed by atoms with Crippen LogP contribution in [0, 0.1) is 6.92 Å². The van der Waals surface area contributed by atoms with Crippen LogP contribution in [0.5, 0.6) is 5.75 Å². The summed E-state index contributed by atoms with van der Waals surface area (Å²) < 4.78 is 14.7. The fourth-order valence-electron chi connectivity index (χ4n) is 3.10. The Kier molecular flexibility index (Phi) is 4.08. The van der Waals surface area contributed by atoms with Crippen LogP contribution in [-0.4, -0.2) is 55.8 Å². The first kappa shape index (κ1) is 16.5. The molecule has 2 atom stereocenters. The second-order valence-corrected chi connectivity index (χ2v) is 6.43. The second kappa shape index (κ2) is 6.41. The molecule has 4 rings (SSSR count). The minimum Gasteiger partial charge on any atom is -0.482 e. The zero-order valence-corrected chi connectivity index (χ0v) is 14.8. The minimum atomic E-state index is -0.264. The van der Waals surface area contributed by atoms with Crippen LogP contribution in [0.4, 0.5) is 0 Å². The van der Waals surface area contributed by atoms with Gasteiger partial charge in [-0.2, -0.15) is 10.2 Å². The number of pyridine rings is 1. The molecule has 0 aromatic carbocycles. The molecule has 0 bridgehead atoms. The van der Waals surface area contributed by atoms with Crippen LogP contribution in [0.15, 0.2) is 24.7 Å². The number of amides is 1. The summed E-state index contributed by atoms with van der Waals surface area (Å²) in [5.41, 5.74) is 2.08. The second-order valence-electron chi connectivity index (χ2n) is 6.43. The van der Waals surface area contributed by atoms with Crippen molar-refractivity contribution in [2.24, 2.45) is 14.1 Å². The highest BCUT2D eigenvalue weighted by atomic mass is 16.5. The van der Waals surface area contributed by atoms with Crippen molar-refractivity contribution >= 4 is 16.9 Å².